The highest BCUT2D eigenvalue weighted by atomic mass is 16.5. The average molecular weight is 357 g/mol. The first-order valence-electron chi connectivity index (χ1n) is 8.39. The number of carbonyl (C=O) groups excluding carboxylic acids is 2. The number of para-hydroxylation sites is 1. The lowest BCUT2D eigenvalue weighted by Gasteiger charge is -2.10. The second kappa shape index (κ2) is 10.0. The number of aromatic nitrogens is 1. The van der Waals surface area contributed by atoms with E-state index in [1.54, 1.807) is 26.2 Å². The molecule has 1 heterocycles. The van der Waals surface area contributed by atoms with E-state index in [9.17, 15) is 9.59 Å². The molecule has 0 fully saturated rings. The molecule has 7 nitrogen and oxygen atoms in total. The van der Waals surface area contributed by atoms with E-state index in [1.807, 2.05) is 24.3 Å². The maximum atomic E-state index is 12.3. The molecule has 1 aromatic carbocycles. The lowest BCUT2D eigenvalue weighted by Crippen LogP contribution is -2.27. The van der Waals surface area contributed by atoms with Crippen LogP contribution in [0.4, 0.5) is 4.79 Å². The molecule has 2 aromatic rings. The molecule has 138 valence electrons. The molecule has 2 amide bonds. The fourth-order valence-electron chi connectivity index (χ4n) is 2.38. The molecule has 0 saturated carbocycles. The topological polar surface area (TPSA) is 89.5 Å². The molecule has 0 saturated heterocycles. The van der Waals surface area contributed by atoms with Crippen LogP contribution in [0.5, 0.6) is 5.75 Å². The predicted molar refractivity (Wildman–Crippen MR) is 97.1 cm³/mol. The van der Waals surface area contributed by atoms with Crippen molar-refractivity contribution in [1.29, 1.82) is 0 Å². The number of carbonyl (C=O) groups is 2. The molecular weight excluding hydrogens is 334 g/mol. The monoisotopic (exact) mass is 357 g/mol. The molecule has 2 N–H and O–H groups in total. The van der Waals surface area contributed by atoms with Crippen LogP contribution in [-0.2, 0) is 17.7 Å². The van der Waals surface area contributed by atoms with Crippen molar-refractivity contribution in [2.75, 3.05) is 20.3 Å². The zero-order chi connectivity index (χ0) is 18.8. The predicted octanol–water partition coefficient (Wildman–Crippen LogP) is 2.31. The largest absolute Gasteiger partial charge is 0.496 e. The molecule has 0 unspecified atom stereocenters. The Balaban J connectivity index is 1.87. The third-order valence-corrected chi connectivity index (χ3v) is 3.64. The maximum absolute atomic E-state index is 12.3. The van der Waals surface area contributed by atoms with Crippen LogP contribution in [0.1, 0.15) is 28.5 Å². The summed E-state index contributed by atoms with van der Waals surface area (Å²) in [5, 5.41) is 5.45. The van der Waals surface area contributed by atoms with Gasteiger partial charge in [0.2, 0.25) is 0 Å². The van der Waals surface area contributed by atoms with E-state index in [-0.39, 0.29) is 12.5 Å². The number of pyridine rings is 1. The van der Waals surface area contributed by atoms with Crippen LogP contribution in [0, 0.1) is 0 Å². The summed E-state index contributed by atoms with van der Waals surface area (Å²) in [6.45, 7) is 2.71. The summed E-state index contributed by atoms with van der Waals surface area (Å²) < 4.78 is 10.1. The van der Waals surface area contributed by atoms with Gasteiger partial charge in [-0.3, -0.25) is 9.78 Å². The zero-order valence-corrected chi connectivity index (χ0v) is 15.0. The molecule has 0 aliphatic carbocycles. The van der Waals surface area contributed by atoms with Crippen molar-refractivity contribution in [3.05, 3.63) is 59.4 Å². The number of methoxy groups -OCH3 is 1. The van der Waals surface area contributed by atoms with Gasteiger partial charge in [0.1, 0.15) is 5.75 Å². The molecule has 0 spiro atoms. The molecule has 0 aliphatic heterocycles. The summed E-state index contributed by atoms with van der Waals surface area (Å²) in [6, 6.07) is 11.0. The van der Waals surface area contributed by atoms with Crippen molar-refractivity contribution >= 4 is 12.0 Å². The van der Waals surface area contributed by atoms with Crippen LogP contribution in [-0.4, -0.2) is 37.2 Å². The van der Waals surface area contributed by atoms with Crippen LogP contribution >= 0.6 is 0 Å². The Kier molecular flexibility index (Phi) is 7.42. The van der Waals surface area contributed by atoms with Gasteiger partial charge >= 0.3 is 6.09 Å². The highest BCUT2D eigenvalue weighted by Crippen LogP contribution is 2.17. The van der Waals surface area contributed by atoms with Crippen molar-refractivity contribution in [2.45, 2.75) is 19.9 Å². The van der Waals surface area contributed by atoms with Gasteiger partial charge in [-0.15, -0.1) is 0 Å². The van der Waals surface area contributed by atoms with E-state index in [0.29, 0.717) is 30.8 Å². The molecule has 2 rings (SSSR count). The highest BCUT2D eigenvalue weighted by molar-refractivity contribution is 5.94. The number of hydrogen-bond acceptors (Lipinski definition) is 5. The smallest absolute Gasteiger partial charge is 0.407 e. The van der Waals surface area contributed by atoms with Gasteiger partial charge in [-0.2, -0.15) is 0 Å². The van der Waals surface area contributed by atoms with E-state index in [1.165, 1.54) is 6.20 Å². The summed E-state index contributed by atoms with van der Waals surface area (Å²) >= 11 is 0. The van der Waals surface area contributed by atoms with Gasteiger partial charge in [0, 0.05) is 18.3 Å². The van der Waals surface area contributed by atoms with Crippen molar-refractivity contribution in [3.8, 4) is 5.75 Å². The van der Waals surface area contributed by atoms with Crippen molar-refractivity contribution in [3.63, 3.8) is 0 Å². The summed E-state index contributed by atoms with van der Waals surface area (Å²) in [6.07, 6.45) is 1.69. The molecule has 26 heavy (non-hydrogen) atoms. The lowest BCUT2D eigenvalue weighted by atomic mass is 10.1. The number of ether oxygens (including phenoxy) is 2. The second-order valence-electron chi connectivity index (χ2n) is 5.43. The molecule has 0 radical (unpaired) electrons. The number of alkyl carbamates (subject to hydrolysis) is 1. The Bertz CT molecular complexity index is 749. The minimum absolute atomic E-state index is 0.195. The summed E-state index contributed by atoms with van der Waals surface area (Å²) in [5.74, 6) is 0.609. The fourth-order valence-corrected chi connectivity index (χ4v) is 2.38. The zero-order valence-electron chi connectivity index (χ0n) is 15.0. The number of benzene rings is 1. The van der Waals surface area contributed by atoms with E-state index >= 15 is 0 Å². The Morgan fingerprint density at radius 2 is 1.96 bits per heavy atom. The molecule has 0 aliphatic rings. The quantitative estimate of drug-likeness (QED) is 0.757. The lowest BCUT2D eigenvalue weighted by molar-refractivity contribution is 0.0953. The number of rotatable bonds is 8. The Labute approximate surface area is 152 Å². The second-order valence-corrected chi connectivity index (χ2v) is 5.43. The first-order valence-corrected chi connectivity index (χ1v) is 8.39. The molecule has 7 heteroatoms. The Morgan fingerprint density at radius 1 is 1.15 bits per heavy atom. The SMILES string of the molecule is CCOC(=O)NCc1cc(C(=O)NCCc2ccccc2OC)ccn1. The molecule has 1 aromatic heterocycles. The van der Waals surface area contributed by atoms with Gasteiger partial charge in [0.05, 0.1) is 26.0 Å². The van der Waals surface area contributed by atoms with Gasteiger partial charge in [0.15, 0.2) is 0 Å². The van der Waals surface area contributed by atoms with Gasteiger partial charge < -0.3 is 20.1 Å². The number of nitrogens with one attached hydrogen (secondary N) is 2. The third-order valence-electron chi connectivity index (χ3n) is 3.64. The van der Waals surface area contributed by atoms with Gasteiger partial charge in [-0.1, -0.05) is 18.2 Å². The van der Waals surface area contributed by atoms with Crippen molar-refractivity contribution in [2.24, 2.45) is 0 Å². The van der Waals surface area contributed by atoms with Crippen LogP contribution in [0.25, 0.3) is 0 Å². The van der Waals surface area contributed by atoms with Crippen LogP contribution in [0.15, 0.2) is 42.6 Å². The Hall–Kier alpha value is -3.09. The van der Waals surface area contributed by atoms with Crippen molar-refractivity contribution < 1.29 is 19.1 Å². The average Bonchev–Trinajstić information content (AvgIpc) is 2.67. The van der Waals surface area contributed by atoms with Crippen LogP contribution in [0.3, 0.4) is 0 Å². The minimum atomic E-state index is -0.513. The van der Waals surface area contributed by atoms with E-state index in [0.717, 1.165) is 11.3 Å². The fraction of sp³-hybridized carbons (Fsp3) is 0.316. The van der Waals surface area contributed by atoms with Gasteiger partial charge in [-0.05, 0) is 37.1 Å². The number of amides is 2. The Morgan fingerprint density at radius 3 is 2.73 bits per heavy atom. The highest BCUT2D eigenvalue weighted by Gasteiger charge is 2.09. The molecular formula is C19H23N3O4. The normalized spacial score (nSPS) is 10.1. The minimum Gasteiger partial charge on any atom is -0.496 e. The summed E-state index contributed by atoms with van der Waals surface area (Å²) in [7, 11) is 1.63. The van der Waals surface area contributed by atoms with E-state index < -0.39 is 6.09 Å². The number of nitrogens with zero attached hydrogens (tertiary/aromatic N) is 1. The summed E-state index contributed by atoms with van der Waals surface area (Å²) in [4.78, 5) is 27.8. The van der Waals surface area contributed by atoms with Crippen LogP contribution in [0.2, 0.25) is 0 Å². The standard InChI is InChI=1S/C19H23N3O4/c1-3-26-19(24)22-13-16-12-15(9-10-20-16)18(23)21-11-8-14-6-4-5-7-17(14)25-2/h4-7,9-10,12H,3,8,11,13H2,1-2H3,(H,21,23)(H,22,24). The third kappa shape index (κ3) is 5.77. The van der Waals surface area contributed by atoms with Gasteiger partial charge in [-0.25, -0.2) is 4.79 Å². The van der Waals surface area contributed by atoms with E-state index in [4.69, 9.17) is 9.47 Å². The van der Waals surface area contributed by atoms with Gasteiger partial charge in [0.25, 0.3) is 5.91 Å². The first kappa shape index (κ1) is 19.2. The van der Waals surface area contributed by atoms with Crippen LogP contribution < -0.4 is 15.4 Å². The van der Waals surface area contributed by atoms with E-state index in [2.05, 4.69) is 15.6 Å². The maximum Gasteiger partial charge on any atom is 0.407 e. The molecule has 0 bridgehead atoms. The van der Waals surface area contributed by atoms with Crippen molar-refractivity contribution in [1.82, 2.24) is 15.6 Å². The molecule has 0 atom stereocenters. The first-order chi connectivity index (χ1) is 12.6. The summed E-state index contributed by atoms with van der Waals surface area (Å²) in [5.41, 5.74) is 2.10. The number of hydrogen-bond donors (Lipinski definition) is 2.